The largest absolute Gasteiger partial charge is 0.385 e. The van der Waals surface area contributed by atoms with Crippen LogP contribution in [0.1, 0.15) is 26.2 Å². The zero-order valence-corrected chi connectivity index (χ0v) is 13.1. The minimum Gasteiger partial charge on any atom is -0.385 e. The highest BCUT2D eigenvalue weighted by atomic mass is 16.5. The molecule has 2 atom stereocenters. The predicted molar refractivity (Wildman–Crippen MR) is 79.1 cm³/mol. The molecular formula is C15H31NO4. The Morgan fingerprint density at radius 3 is 2.75 bits per heavy atom. The molecule has 0 aromatic carbocycles. The fourth-order valence-electron chi connectivity index (χ4n) is 2.30. The van der Waals surface area contributed by atoms with E-state index in [4.69, 9.17) is 18.9 Å². The summed E-state index contributed by atoms with van der Waals surface area (Å²) in [5, 5.41) is 3.57. The Morgan fingerprint density at radius 2 is 2.05 bits per heavy atom. The SMILES string of the molecule is CCCNC(COCCOCCCOC)C1CCOC1. The normalized spacial score (nSPS) is 20.4. The molecule has 0 spiro atoms. The predicted octanol–water partition coefficient (Wildman–Crippen LogP) is 1.46. The maximum atomic E-state index is 5.74. The summed E-state index contributed by atoms with van der Waals surface area (Å²) in [5.41, 5.74) is 0. The Hall–Kier alpha value is -0.200. The summed E-state index contributed by atoms with van der Waals surface area (Å²) in [5.74, 6) is 0.587. The van der Waals surface area contributed by atoms with Crippen LogP contribution in [0.2, 0.25) is 0 Å². The molecule has 0 radical (unpaired) electrons. The fraction of sp³-hybridized carbons (Fsp3) is 1.00. The second-order valence-corrected chi connectivity index (χ2v) is 5.22. The Balaban J connectivity index is 2.02. The Labute approximate surface area is 123 Å². The van der Waals surface area contributed by atoms with Crippen molar-refractivity contribution in [2.45, 2.75) is 32.2 Å². The van der Waals surface area contributed by atoms with E-state index in [1.807, 2.05) is 0 Å². The summed E-state index contributed by atoms with van der Waals surface area (Å²) in [6, 6.07) is 0.408. The summed E-state index contributed by atoms with van der Waals surface area (Å²) >= 11 is 0. The van der Waals surface area contributed by atoms with Crippen LogP contribution in [0, 0.1) is 5.92 Å². The van der Waals surface area contributed by atoms with E-state index in [0.29, 0.717) is 25.2 Å². The number of ether oxygens (including phenoxy) is 4. The second-order valence-electron chi connectivity index (χ2n) is 5.22. The molecule has 1 aliphatic rings. The van der Waals surface area contributed by atoms with Gasteiger partial charge < -0.3 is 24.3 Å². The Kier molecular flexibility index (Phi) is 11.2. The zero-order chi connectivity index (χ0) is 14.5. The first-order valence-electron chi connectivity index (χ1n) is 7.84. The lowest BCUT2D eigenvalue weighted by Gasteiger charge is -2.23. The van der Waals surface area contributed by atoms with Crippen molar-refractivity contribution < 1.29 is 18.9 Å². The van der Waals surface area contributed by atoms with E-state index in [1.54, 1.807) is 7.11 Å². The quantitative estimate of drug-likeness (QED) is 0.520. The molecule has 0 aromatic heterocycles. The van der Waals surface area contributed by atoms with Gasteiger partial charge in [-0.15, -0.1) is 0 Å². The lowest BCUT2D eigenvalue weighted by atomic mass is 9.99. The first-order chi connectivity index (χ1) is 9.88. The first kappa shape index (κ1) is 17.9. The summed E-state index contributed by atoms with van der Waals surface area (Å²) in [4.78, 5) is 0. The van der Waals surface area contributed by atoms with Crippen LogP contribution in [0.15, 0.2) is 0 Å². The summed E-state index contributed by atoms with van der Waals surface area (Å²) in [6.45, 7) is 8.53. The summed E-state index contributed by atoms with van der Waals surface area (Å²) in [7, 11) is 1.71. The number of hydrogen-bond donors (Lipinski definition) is 1. The molecule has 0 aliphatic carbocycles. The van der Waals surface area contributed by atoms with Gasteiger partial charge in [-0.2, -0.15) is 0 Å². The van der Waals surface area contributed by atoms with Gasteiger partial charge in [-0.3, -0.25) is 0 Å². The smallest absolute Gasteiger partial charge is 0.0701 e. The lowest BCUT2D eigenvalue weighted by molar-refractivity contribution is 0.0257. The van der Waals surface area contributed by atoms with Crippen LogP contribution in [0.5, 0.6) is 0 Å². The van der Waals surface area contributed by atoms with Gasteiger partial charge in [-0.05, 0) is 25.8 Å². The third kappa shape index (κ3) is 8.17. The standard InChI is InChI=1S/C15H31NO4/c1-3-6-16-15(14-5-9-19-12-14)13-20-11-10-18-8-4-7-17-2/h14-16H,3-13H2,1-2H3. The molecule has 1 N–H and O–H groups in total. The molecule has 0 amide bonds. The van der Waals surface area contributed by atoms with Crippen molar-refractivity contribution in [1.29, 1.82) is 0 Å². The highest BCUT2D eigenvalue weighted by Crippen LogP contribution is 2.17. The van der Waals surface area contributed by atoms with Gasteiger partial charge in [-0.25, -0.2) is 0 Å². The molecule has 2 unspecified atom stereocenters. The van der Waals surface area contributed by atoms with Crippen LogP contribution in [-0.2, 0) is 18.9 Å². The van der Waals surface area contributed by atoms with Crippen LogP contribution < -0.4 is 5.32 Å². The van der Waals surface area contributed by atoms with Crippen molar-refractivity contribution in [3.63, 3.8) is 0 Å². The maximum absolute atomic E-state index is 5.74. The molecule has 1 heterocycles. The Morgan fingerprint density at radius 1 is 1.20 bits per heavy atom. The van der Waals surface area contributed by atoms with E-state index >= 15 is 0 Å². The number of hydrogen-bond acceptors (Lipinski definition) is 5. The molecule has 0 bridgehead atoms. The van der Waals surface area contributed by atoms with Crippen molar-refractivity contribution in [3.05, 3.63) is 0 Å². The molecule has 0 saturated carbocycles. The fourth-order valence-corrected chi connectivity index (χ4v) is 2.30. The van der Waals surface area contributed by atoms with Crippen LogP contribution in [-0.4, -0.2) is 65.9 Å². The second kappa shape index (κ2) is 12.5. The van der Waals surface area contributed by atoms with Crippen molar-refractivity contribution in [3.8, 4) is 0 Å². The van der Waals surface area contributed by atoms with E-state index in [0.717, 1.165) is 58.8 Å². The molecule has 1 saturated heterocycles. The first-order valence-corrected chi connectivity index (χ1v) is 7.84. The van der Waals surface area contributed by atoms with Crippen LogP contribution in [0.3, 0.4) is 0 Å². The molecule has 1 rings (SSSR count). The minimum atomic E-state index is 0.408. The third-order valence-electron chi connectivity index (χ3n) is 3.50. The number of rotatable bonds is 13. The molecule has 5 heteroatoms. The molecule has 5 nitrogen and oxygen atoms in total. The summed E-state index contributed by atoms with van der Waals surface area (Å²) < 4.78 is 21.6. The van der Waals surface area contributed by atoms with Gasteiger partial charge in [0, 0.05) is 38.9 Å². The molecule has 1 aliphatic heterocycles. The highest BCUT2D eigenvalue weighted by molar-refractivity contribution is 4.79. The molecular weight excluding hydrogens is 258 g/mol. The van der Waals surface area contributed by atoms with Crippen LogP contribution in [0.4, 0.5) is 0 Å². The van der Waals surface area contributed by atoms with E-state index in [9.17, 15) is 0 Å². The average Bonchev–Trinajstić information content (AvgIpc) is 2.99. The van der Waals surface area contributed by atoms with Crippen LogP contribution in [0.25, 0.3) is 0 Å². The van der Waals surface area contributed by atoms with Gasteiger partial charge in [0.1, 0.15) is 0 Å². The monoisotopic (exact) mass is 289 g/mol. The van der Waals surface area contributed by atoms with Gasteiger partial charge in [0.25, 0.3) is 0 Å². The minimum absolute atomic E-state index is 0.408. The van der Waals surface area contributed by atoms with Gasteiger partial charge in [-0.1, -0.05) is 6.92 Å². The van der Waals surface area contributed by atoms with Gasteiger partial charge in [0.2, 0.25) is 0 Å². The molecule has 1 fully saturated rings. The molecule has 20 heavy (non-hydrogen) atoms. The van der Waals surface area contributed by atoms with E-state index in [2.05, 4.69) is 12.2 Å². The van der Waals surface area contributed by atoms with E-state index in [1.165, 1.54) is 0 Å². The Bertz CT molecular complexity index is 210. The van der Waals surface area contributed by atoms with Crippen molar-refractivity contribution in [2.24, 2.45) is 5.92 Å². The summed E-state index contributed by atoms with van der Waals surface area (Å²) in [6.07, 6.45) is 3.22. The van der Waals surface area contributed by atoms with Gasteiger partial charge in [0.05, 0.1) is 26.4 Å². The van der Waals surface area contributed by atoms with Gasteiger partial charge in [0.15, 0.2) is 0 Å². The zero-order valence-electron chi connectivity index (χ0n) is 13.1. The third-order valence-corrected chi connectivity index (χ3v) is 3.50. The van der Waals surface area contributed by atoms with E-state index < -0.39 is 0 Å². The number of methoxy groups -OCH3 is 1. The highest BCUT2D eigenvalue weighted by Gasteiger charge is 2.25. The average molecular weight is 289 g/mol. The van der Waals surface area contributed by atoms with Crippen molar-refractivity contribution >= 4 is 0 Å². The number of nitrogens with one attached hydrogen (secondary N) is 1. The van der Waals surface area contributed by atoms with E-state index in [-0.39, 0.29) is 0 Å². The van der Waals surface area contributed by atoms with Crippen LogP contribution >= 0.6 is 0 Å². The van der Waals surface area contributed by atoms with Gasteiger partial charge >= 0.3 is 0 Å². The lowest BCUT2D eigenvalue weighted by Crippen LogP contribution is -2.41. The van der Waals surface area contributed by atoms with Crippen molar-refractivity contribution in [1.82, 2.24) is 5.32 Å². The topological polar surface area (TPSA) is 49.0 Å². The van der Waals surface area contributed by atoms with Crippen molar-refractivity contribution in [2.75, 3.05) is 59.9 Å². The molecule has 120 valence electrons. The molecule has 0 aromatic rings. The maximum Gasteiger partial charge on any atom is 0.0701 e.